The van der Waals surface area contributed by atoms with Gasteiger partial charge >= 0.3 is 5.97 Å². The number of ether oxygens (including phenoxy) is 2. The quantitative estimate of drug-likeness (QED) is 0.0768. The molecule has 264 valence electrons. The SMILES string of the molecule is C#CC.C=CC(CC)C/C(=C/CN=C/C(F)=C\CF)COC.CCCC(CC)CN(CCc1ccc(C(=O)O)cc1)C(=O)COCC. The summed E-state index contributed by atoms with van der Waals surface area (Å²) >= 11 is 0. The number of halogens is 2. The molecule has 0 radical (unpaired) electrons. The first-order chi connectivity index (χ1) is 22.6. The molecule has 0 aromatic heterocycles. The first-order valence-electron chi connectivity index (χ1n) is 16.4. The second kappa shape index (κ2) is 31.0. The fourth-order valence-corrected chi connectivity index (χ4v) is 4.39. The third kappa shape index (κ3) is 24.3. The average molecular weight is 661 g/mol. The monoisotopic (exact) mass is 660 g/mol. The summed E-state index contributed by atoms with van der Waals surface area (Å²) in [6, 6.07) is 6.85. The highest BCUT2D eigenvalue weighted by Gasteiger charge is 2.18. The lowest BCUT2D eigenvalue weighted by molar-refractivity contribution is -0.136. The van der Waals surface area contributed by atoms with Gasteiger partial charge in [0.25, 0.3) is 0 Å². The number of aromatic carboxylic acids is 1. The van der Waals surface area contributed by atoms with Gasteiger partial charge in [-0.25, -0.2) is 13.6 Å². The number of alkyl halides is 1. The van der Waals surface area contributed by atoms with E-state index in [-0.39, 0.29) is 18.1 Å². The minimum Gasteiger partial charge on any atom is -0.478 e. The second-order valence-electron chi connectivity index (χ2n) is 10.7. The van der Waals surface area contributed by atoms with Crippen LogP contribution in [0.1, 0.15) is 82.6 Å². The van der Waals surface area contributed by atoms with Crippen molar-refractivity contribution in [3.8, 4) is 12.3 Å². The number of carboxylic acid groups (broad SMARTS) is 1. The molecule has 7 nitrogen and oxygen atoms in total. The Bertz CT molecular complexity index is 1110. The highest BCUT2D eigenvalue weighted by Crippen LogP contribution is 2.17. The van der Waals surface area contributed by atoms with Gasteiger partial charge in [0, 0.05) is 26.8 Å². The number of terminal acetylenes is 1. The van der Waals surface area contributed by atoms with Crippen molar-refractivity contribution in [1.29, 1.82) is 0 Å². The zero-order chi connectivity index (χ0) is 35.9. The fraction of sp³-hybridized carbons (Fsp3) is 0.553. The highest BCUT2D eigenvalue weighted by molar-refractivity contribution is 5.87. The number of methoxy groups -OCH3 is 1. The maximum absolute atomic E-state index is 12.8. The summed E-state index contributed by atoms with van der Waals surface area (Å²) in [5.41, 5.74) is 2.42. The van der Waals surface area contributed by atoms with Crippen molar-refractivity contribution >= 4 is 18.1 Å². The third-order valence-electron chi connectivity index (χ3n) is 7.09. The van der Waals surface area contributed by atoms with Crippen molar-refractivity contribution in [3.05, 3.63) is 71.6 Å². The number of nitrogens with zero attached hydrogens (tertiary/aromatic N) is 2. The Morgan fingerprint density at radius 3 is 2.28 bits per heavy atom. The standard InChI is InChI=1S/C20H31NO4.C15H23F2NO.C3H4/c1-4-7-16(5-2)14-21(19(22)15-25-6-3)13-12-17-8-10-18(11-9-17)20(23)24;1-4-13(5-2)10-14(12-19-3)7-9-18-11-15(17)6-8-16;1-3-2/h8-11,16H,4-7,12-15H2,1-3H3,(H,23,24);4,6-7,11,13H,1,5,8-10,12H2,2-3H3;1H,2H3/b;14-7-,15-6+,18-11?;. The molecule has 1 aromatic carbocycles. The van der Waals surface area contributed by atoms with Crippen LogP contribution in [0.25, 0.3) is 0 Å². The van der Waals surface area contributed by atoms with Crippen molar-refractivity contribution in [2.75, 3.05) is 53.2 Å². The van der Waals surface area contributed by atoms with E-state index >= 15 is 0 Å². The van der Waals surface area contributed by atoms with Gasteiger partial charge in [-0.1, -0.05) is 57.9 Å². The molecule has 2 atom stereocenters. The van der Waals surface area contributed by atoms with E-state index in [9.17, 15) is 18.4 Å². The molecule has 0 saturated heterocycles. The molecule has 1 N–H and O–H groups in total. The Kier molecular flexibility index (Phi) is 30.0. The van der Waals surface area contributed by atoms with Crippen molar-refractivity contribution in [2.45, 2.75) is 73.1 Å². The van der Waals surface area contributed by atoms with Crippen LogP contribution in [-0.2, 0) is 20.7 Å². The predicted octanol–water partition coefficient (Wildman–Crippen LogP) is 8.31. The van der Waals surface area contributed by atoms with E-state index in [0.29, 0.717) is 44.6 Å². The van der Waals surface area contributed by atoms with Crippen LogP contribution < -0.4 is 0 Å². The Labute approximate surface area is 282 Å². The molecular formula is C38H58F2N2O5. The van der Waals surface area contributed by atoms with Gasteiger partial charge in [0.15, 0.2) is 0 Å². The van der Waals surface area contributed by atoms with Crippen LogP contribution in [0.3, 0.4) is 0 Å². The van der Waals surface area contributed by atoms with Gasteiger partial charge in [0.05, 0.1) is 24.9 Å². The van der Waals surface area contributed by atoms with Gasteiger partial charge in [-0.05, 0) is 80.7 Å². The molecule has 1 rings (SSSR count). The number of carboxylic acids is 1. The fourth-order valence-electron chi connectivity index (χ4n) is 4.39. The molecule has 0 spiro atoms. The maximum Gasteiger partial charge on any atom is 0.335 e. The number of aliphatic imine (C=N–C) groups is 1. The molecule has 0 fully saturated rings. The molecule has 9 heteroatoms. The summed E-state index contributed by atoms with van der Waals surface area (Å²) in [5, 5.41) is 8.96. The summed E-state index contributed by atoms with van der Waals surface area (Å²) in [6.07, 6.45) is 16.2. The first kappa shape index (κ1) is 45.5. The Morgan fingerprint density at radius 2 is 1.79 bits per heavy atom. The third-order valence-corrected chi connectivity index (χ3v) is 7.09. The smallest absolute Gasteiger partial charge is 0.335 e. The van der Waals surface area contributed by atoms with E-state index in [0.717, 1.165) is 62.1 Å². The predicted molar refractivity (Wildman–Crippen MR) is 190 cm³/mol. The topological polar surface area (TPSA) is 88.4 Å². The van der Waals surface area contributed by atoms with E-state index in [2.05, 4.69) is 44.7 Å². The van der Waals surface area contributed by atoms with Crippen LogP contribution in [-0.4, -0.2) is 81.3 Å². The van der Waals surface area contributed by atoms with Crippen molar-refractivity contribution in [2.24, 2.45) is 16.8 Å². The molecule has 47 heavy (non-hydrogen) atoms. The summed E-state index contributed by atoms with van der Waals surface area (Å²) in [7, 11) is 1.63. The number of allylic oxidation sites excluding steroid dienone is 3. The Balaban J connectivity index is 0. The molecule has 0 aliphatic carbocycles. The summed E-state index contributed by atoms with van der Waals surface area (Å²) in [6.45, 7) is 15.9. The van der Waals surface area contributed by atoms with Gasteiger partial charge in [-0.3, -0.25) is 9.79 Å². The Morgan fingerprint density at radius 1 is 1.13 bits per heavy atom. The normalized spacial score (nSPS) is 12.6. The van der Waals surface area contributed by atoms with E-state index in [1.807, 2.05) is 36.1 Å². The van der Waals surface area contributed by atoms with Gasteiger partial charge in [0.2, 0.25) is 5.91 Å². The van der Waals surface area contributed by atoms with Gasteiger partial charge in [-0.2, -0.15) is 0 Å². The van der Waals surface area contributed by atoms with Crippen LogP contribution in [0, 0.1) is 24.2 Å². The number of carbonyl (C=O) groups is 2. The number of amides is 1. The zero-order valence-electron chi connectivity index (χ0n) is 29.5. The summed E-state index contributed by atoms with van der Waals surface area (Å²) in [4.78, 5) is 29.1. The number of benzene rings is 1. The maximum atomic E-state index is 12.8. The van der Waals surface area contributed by atoms with Gasteiger partial charge < -0.3 is 19.5 Å². The highest BCUT2D eigenvalue weighted by atomic mass is 19.1. The molecule has 0 aliphatic heterocycles. The van der Waals surface area contributed by atoms with E-state index < -0.39 is 18.5 Å². The summed E-state index contributed by atoms with van der Waals surface area (Å²) < 4.78 is 35.0. The number of hydrogen-bond donors (Lipinski definition) is 1. The minimum atomic E-state index is -0.926. The molecular weight excluding hydrogens is 602 g/mol. The molecule has 0 saturated carbocycles. The number of carbonyl (C=O) groups excluding carboxylic acids is 1. The average Bonchev–Trinajstić information content (AvgIpc) is 3.06. The zero-order valence-corrected chi connectivity index (χ0v) is 29.5. The van der Waals surface area contributed by atoms with E-state index in [1.165, 1.54) is 0 Å². The largest absolute Gasteiger partial charge is 0.478 e. The van der Waals surface area contributed by atoms with E-state index in [4.69, 9.17) is 14.6 Å². The van der Waals surface area contributed by atoms with Gasteiger partial charge in [-0.15, -0.1) is 18.9 Å². The van der Waals surface area contributed by atoms with Crippen LogP contribution in [0.2, 0.25) is 0 Å². The van der Waals surface area contributed by atoms with Crippen LogP contribution in [0.5, 0.6) is 0 Å². The lowest BCUT2D eigenvalue weighted by Crippen LogP contribution is -2.39. The van der Waals surface area contributed by atoms with Crippen LogP contribution >= 0.6 is 0 Å². The molecule has 0 aliphatic rings. The minimum absolute atomic E-state index is 0.0264. The lowest BCUT2D eigenvalue weighted by Gasteiger charge is -2.27. The first-order valence-corrected chi connectivity index (χ1v) is 16.4. The molecule has 2 unspecified atom stereocenters. The molecule has 1 amide bonds. The van der Waals surface area contributed by atoms with E-state index in [1.54, 1.807) is 26.2 Å². The molecule has 0 bridgehead atoms. The number of hydrogen-bond acceptors (Lipinski definition) is 5. The molecule has 0 heterocycles. The Hall–Kier alpha value is -3.61. The number of rotatable bonds is 22. The van der Waals surface area contributed by atoms with Crippen molar-refractivity contribution in [1.82, 2.24) is 4.90 Å². The second-order valence-corrected chi connectivity index (χ2v) is 10.7. The van der Waals surface area contributed by atoms with Crippen molar-refractivity contribution < 1.29 is 33.0 Å². The van der Waals surface area contributed by atoms with Crippen LogP contribution in [0.4, 0.5) is 8.78 Å². The van der Waals surface area contributed by atoms with Crippen molar-refractivity contribution in [3.63, 3.8) is 0 Å². The summed E-state index contributed by atoms with van der Waals surface area (Å²) in [5.74, 6) is 1.62. The van der Waals surface area contributed by atoms with Gasteiger partial charge in [0.1, 0.15) is 19.1 Å². The molecule has 1 aromatic rings. The lowest BCUT2D eigenvalue weighted by atomic mass is 9.97. The van der Waals surface area contributed by atoms with Crippen LogP contribution in [0.15, 0.2) is 65.5 Å².